The second kappa shape index (κ2) is 7.41. The van der Waals surface area contributed by atoms with E-state index in [1.54, 1.807) is 12.4 Å². The molecule has 0 aliphatic carbocycles. The van der Waals surface area contributed by atoms with Gasteiger partial charge in [0.2, 0.25) is 0 Å². The number of thioether (sulfide) groups is 2. The molecule has 1 fully saturated rings. The van der Waals surface area contributed by atoms with Crippen LogP contribution in [0.5, 0.6) is 5.75 Å². The van der Waals surface area contributed by atoms with Crippen LogP contribution in [0.1, 0.15) is 31.9 Å². The summed E-state index contributed by atoms with van der Waals surface area (Å²) in [6.07, 6.45) is 3.96. The number of nitrogens with zero attached hydrogens (tertiary/aromatic N) is 1. The monoisotopic (exact) mass is 299 g/mol. The van der Waals surface area contributed by atoms with Crippen molar-refractivity contribution in [1.29, 1.82) is 0 Å². The molecule has 3 atom stereocenters. The minimum atomic E-state index is -0.467. The normalized spacial score (nSPS) is 25.0. The van der Waals surface area contributed by atoms with Crippen LogP contribution >= 0.6 is 23.5 Å². The molecule has 3 nitrogen and oxygen atoms in total. The number of aliphatic hydroxyl groups excluding tert-OH is 1. The van der Waals surface area contributed by atoms with Crippen molar-refractivity contribution < 1.29 is 9.84 Å². The molecule has 0 amide bonds. The van der Waals surface area contributed by atoms with Crippen molar-refractivity contribution >= 4 is 23.5 Å². The lowest BCUT2D eigenvalue weighted by molar-refractivity contribution is 0.173. The lowest BCUT2D eigenvalue weighted by Gasteiger charge is -2.31. The van der Waals surface area contributed by atoms with Crippen LogP contribution in [0.3, 0.4) is 0 Å². The second-order valence-corrected chi connectivity index (χ2v) is 7.43. The molecular weight excluding hydrogens is 278 g/mol. The van der Waals surface area contributed by atoms with Crippen LogP contribution < -0.4 is 4.74 Å². The predicted octanol–water partition coefficient (Wildman–Crippen LogP) is 3.14. The molecule has 1 N–H and O–H groups in total. The molecule has 0 spiro atoms. The van der Waals surface area contributed by atoms with Gasteiger partial charge in [0.05, 0.1) is 18.9 Å². The third-order valence-electron chi connectivity index (χ3n) is 3.10. The van der Waals surface area contributed by atoms with Gasteiger partial charge in [-0.3, -0.25) is 4.98 Å². The van der Waals surface area contributed by atoms with Crippen LogP contribution in [0.15, 0.2) is 18.5 Å². The summed E-state index contributed by atoms with van der Waals surface area (Å²) in [5.74, 6) is 3.03. The zero-order valence-electron chi connectivity index (χ0n) is 11.4. The van der Waals surface area contributed by atoms with Gasteiger partial charge in [-0.1, -0.05) is 13.8 Å². The molecule has 1 aliphatic rings. The lowest BCUT2D eigenvalue weighted by Crippen LogP contribution is -2.29. The Morgan fingerprint density at radius 1 is 1.42 bits per heavy atom. The van der Waals surface area contributed by atoms with E-state index in [1.807, 2.05) is 29.6 Å². The quantitative estimate of drug-likeness (QED) is 0.904. The number of ether oxygens (including phenoxy) is 1. The highest BCUT2D eigenvalue weighted by atomic mass is 32.2. The largest absolute Gasteiger partial charge is 0.492 e. The molecule has 3 unspecified atom stereocenters. The van der Waals surface area contributed by atoms with Crippen molar-refractivity contribution in [3.63, 3.8) is 0 Å². The fourth-order valence-corrected chi connectivity index (χ4v) is 4.92. The zero-order chi connectivity index (χ0) is 13.7. The number of rotatable bonds is 5. The summed E-state index contributed by atoms with van der Waals surface area (Å²) >= 11 is 3.79. The molecule has 0 bridgehead atoms. The summed E-state index contributed by atoms with van der Waals surface area (Å²) < 4.78 is 5.57. The summed E-state index contributed by atoms with van der Waals surface area (Å²) in [6, 6.07) is 1.92. The average Bonchev–Trinajstić information content (AvgIpc) is 2.45. The summed E-state index contributed by atoms with van der Waals surface area (Å²) in [6.45, 7) is 4.95. The molecule has 0 radical (unpaired) electrons. The molecule has 1 aliphatic heterocycles. The van der Waals surface area contributed by atoms with Crippen LogP contribution in [0, 0.1) is 0 Å². The van der Waals surface area contributed by atoms with Crippen molar-refractivity contribution in [2.45, 2.75) is 36.9 Å². The lowest BCUT2D eigenvalue weighted by atomic mass is 10.1. The van der Waals surface area contributed by atoms with E-state index in [0.717, 1.165) is 23.5 Å². The van der Waals surface area contributed by atoms with Crippen molar-refractivity contribution in [3.8, 4) is 5.75 Å². The Balaban J connectivity index is 2.07. The van der Waals surface area contributed by atoms with Crippen LogP contribution in [-0.2, 0) is 0 Å². The topological polar surface area (TPSA) is 42.4 Å². The van der Waals surface area contributed by atoms with Crippen molar-refractivity contribution in [2.24, 2.45) is 0 Å². The van der Waals surface area contributed by atoms with E-state index >= 15 is 0 Å². The van der Waals surface area contributed by atoms with E-state index < -0.39 is 6.10 Å². The molecular formula is C14H21NO2S2. The van der Waals surface area contributed by atoms with Crippen LogP contribution in [0.4, 0.5) is 0 Å². The minimum Gasteiger partial charge on any atom is -0.492 e. The van der Waals surface area contributed by atoms with E-state index in [-0.39, 0.29) is 5.25 Å². The Labute approximate surface area is 123 Å². The third kappa shape index (κ3) is 4.04. The summed E-state index contributed by atoms with van der Waals surface area (Å²) in [5, 5.41) is 11.2. The summed E-state index contributed by atoms with van der Waals surface area (Å²) in [7, 11) is 0. The van der Waals surface area contributed by atoms with Gasteiger partial charge in [-0.2, -0.15) is 23.5 Å². The maximum atomic E-state index is 10.5. The first-order valence-electron chi connectivity index (χ1n) is 6.71. The van der Waals surface area contributed by atoms with Gasteiger partial charge in [0.1, 0.15) is 5.75 Å². The highest BCUT2D eigenvalue weighted by molar-refractivity contribution is 8.07. The smallest absolute Gasteiger partial charge is 0.137 e. The maximum Gasteiger partial charge on any atom is 0.137 e. The molecule has 0 aromatic carbocycles. The van der Waals surface area contributed by atoms with E-state index in [0.29, 0.717) is 11.9 Å². The fourth-order valence-electron chi connectivity index (χ4n) is 2.08. The SMILES string of the molecule is CCCOc1cncc(C(O)C2SCCSC2C)c1. The van der Waals surface area contributed by atoms with Crippen LogP contribution in [0.2, 0.25) is 0 Å². The van der Waals surface area contributed by atoms with Gasteiger partial charge in [0.15, 0.2) is 0 Å². The van der Waals surface area contributed by atoms with Crippen LogP contribution in [-0.4, -0.2) is 38.7 Å². The summed E-state index contributed by atoms with van der Waals surface area (Å²) in [5.41, 5.74) is 0.862. The molecule has 106 valence electrons. The average molecular weight is 299 g/mol. The van der Waals surface area contributed by atoms with E-state index in [4.69, 9.17) is 4.74 Å². The van der Waals surface area contributed by atoms with Crippen molar-refractivity contribution in [3.05, 3.63) is 24.0 Å². The number of hydrogen-bond acceptors (Lipinski definition) is 5. The zero-order valence-corrected chi connectivity index (χ0v) is 13.0. The standard InChI is InChI=1S/C14H21NO2S2/c1-3-4-17-12-7-11(8-15-9-12)13(16)14-10(2)18-5-6-19-14/h7-10,13-14,16H,3-6H2,1-2H3. The molecule has 1 saturated heterocycles. The number of aromatic nitrogens is 1. The van der Waals surface area contributed by atoms with Gasteiger partial charge < -0.3 is 9.84 Å². The Morgan fingerprint density at radius 3 is 2.95 bits per heavy atom. The number of hydrogen-bond donors (Lipinski definition) is 1. The third-order valence-corrected chi connectivity index (χ3v) is 6.28. The Bertz CT molecular complexity index is 403. The molecule has 1 aromatic heterocycles. The van der Waals surface area contributed by atoms with Gasteiger partial charge in [-0.05, 0) is 12.5 Å². The van der Waals surface area contributed by atoms with Gasteiger partial charge >= 0.3 is 0 Å². The molecule has 19 heavy (non-hydrogen) atoms. The molecule has 2 heterocycles. The van der Waals surface area contributed by atoms with E-state index in [9.17, 15) is 5.11 Å². The van der Waals surface area contributed by atoms with Gasteiger partial charge in [-0.25, -0.2) is 0 Å². The summed E-state index contributed by atoms with van der Waals surface area (Å²) in [4.78, 5) is 4.18. The fraction of sp³-hybridized carbons (Fsp3) is 0.643. The highest BCUT2D eigenvalue weighted by Crippen LogP contribution is 2.38. The first kappa shape index (κ1) is 15.0. The molecule has 5 heteroatoms. The first-order chi connectivity index (χ1) is 9.22. The van der Waals surface area contributed by atoms with Gasteiger partial charge in [0.25, 0.3) is 0 Å². The van der Waals surface area contributed by atoms with Crippen molar-refractivity contribution in [1.82, 2.24) is 4.98 Å². The molecule has 1 aromatic rings. The maximum absolute atomic E-state index is 10.5. The highest BCUT2D eigenvalue weighted by Gasteiger charge is 2.30. The first-order valence-corrected chi connectivity index (χ1v) is 8.81. The Kier molecular flexibility index (Phi) is 5.85. The molecule has 2 rings (SSSR count). The Morgan fingerprint density at radius 2 is 2.21 bits per heavy atom. The van der Waals surface area contributed by atoms with Gasteiger partial charge in [0, 0.05) is 33.8 Å². The molecule has 0 saturated carbocycles. The van der Waals surface area contributed by atoms with Crippen molar-refractivity contribution in [2.75, 3.05) is 18.1 Å². The Hall–Kier alpha value is -0.390. The number of aliphatic hydroxyl groups is 1. The number of pyridine rings is 1. The van der Waals surface area contributed by atoms with E-state index in [1.165, 1.54) is 5.75 Å². The van der Waals surface area contributed by atoms with Crippen LogP contribution in [0.25, 0.3) is 0 Å². The second-order valence-electron chi connectivity index (χ2n) is 4.66. The predicted molar refractivity (Wildman–Crippen MR) is 83.1 cm³/mol. The minimum absolute atomic E-state index is 0.238. The van der Waals surface area contributed by atoms with Gasteiger partial charge in [-0.15, -0.1) is 0 Å². The van der Waals surface area contributed by atoms with E-state index in [2.05, 4.69) is 18.8 Å².